The summed E-state index contributed by atoms with van der Waals surface area (Å²) in [5.74, 6) is 0. The van der Waals surface area contributed by atoms with Crippen molar-refractivity contribution in [1.82, 2.24) is 24.9 Å². The fourth-order valence-electron chi connectivity index (χ4n) is 3.31. The number of pyridine rings is 3. The topological polar surface area (TPSA) is 64.5 Å². The summed E-state index contributed by atoms with van der Waals surface area (Å²) in [6.45, 7) is 6.15. The van der Waals surface area contributed by atoms with Gasteiger partial charge in [-0.25, -0.2) is 9.97 Å². The predicted octanol–water partition coefficient (Wildman–Crippen LogP) is 6.42. The van der Waals surface area contributed by atoms with E-state index in [1.807, 2.05) is 55.8 Å². The van der Waals surface area contributed by atoms with E-state index in [-0.39, 0.29) is 0 Å². The van der Waals surface area contributed by atoms with Crippen molar-refractivity contribution in [3.8, 4) is 0 Å². The van der Waals surface area contributed by atoms with Crippen LogP contribution in [-0.4, -0.2) is 24.9 Å². The zero-order chi connectivity index (χ0) is 23.0. The van der Waals surface area contributed by atoms with E-state index in [9.17, 15) is 0 Å². The molecule has 33 heavy (non-hydrogen) atoms. The Hall–Kier alpha value is -4.25. The van der Waals surface area contributed by atoms with Crippen LogP contribution < -0.4 is 0 Å². The Balaban J connectivity index is 0.000000118. The molecule has 5 nitrogen and oxygen atoms in total. The SMILES string of the molecule is Cc1ccc2cccnc2c1.Cc1ccc2cncnc2c1.Cc1cnc2cccnc2c1. The van der Waals surface area contributed by atoms with Gasteiger partial charge in [0.15, 0.2) is 0 Å². The summed E-state index contributed by atoms with van der Waals surface area (Å²) < 4.78 is 0. The van der Waals surface area contributed by atoms with Crippen molar-refractivity contribution in [3.05, 3.63) is 115 Å². The maximum absolute atomic E-state index is 4.24. The molecule has 0 spiro atoms. The molecule has 4 heterocycles. The maximum atomic E-state index is 4.24. The van der Waals surface area contributed by atoms with Crippen LogP contribution in [0.15, 0.2) is 97.8 Å². The van der Waals surface area contributed by atoms with Crippen molar-refractivity contribution in [2.45, 2.75) is 20.8 Å². The molecule has 0 amide bonds. The van der Waals surface area contributed by atoms with Gasteiger partial charge in [-0.1, -0.05) is 30.3 Å². The molecule has 0 aliphatic heterocycles. The van der Waals surface area contributed by atoms with Crippen LogP contribution in [0.25, 0.3) is 32.8 Å². The first-order chi connectivity index (χ1) is 16.1. The third kappa shape index (κ3) is 5.92. The van der Waals surface area contributed by atoms with E-state index in [0.717, 1.165) is 33.0 Å². The van der Waals surface area contributed by atoms with Crippen LogP contribution in [0.4, 0.5) is 0 Å². The summed E-state index contributed by atoms with van der Waals surface area (Å²) in [6.07, 6.45) is 8.85. The molecule has 0 atom stereocenters. The third-order valence-corrected chi connectivity index (χ3v) is 5.01. The summed E-state index contributed by atoms with van der Waals surface area (Å²) in [4.78, 5) is 20.7. The molecular weight excluding hydrogens is 406 g/mol. The minimum absolute atomic E-state index is 0.957. The lowest BCUT2D eigenvalue weighted by atomic mass is 10.1. The number of fused-ring (bicyclic) bond motifs is 3. The molecule has 0 saturated heterocycles. The first kappa shape index (κ1) is 22.0. The lowest BCUT2D eigenvalue weighted by Gasteiger charge is -1.95. The van der Waals surface area contributed by atoms with Crippen LogP contribution in [0.2, 0.25) is 0 Å². The predicted molar refractivity (Wildman–Crippen MR) is 135 cm³/mol. The van der Waals surface area contributed by atoms with Gasteiger partial charge in [0.05, 0.1) is 22.1 Å². The third-order valence-electron chi connectivity index (χ3n) is 5.01. The van der Waals surface area contributed by atoms with Gasteiger partial charge in [0.2, 0.25) is 0 Å². The van der Waals surface area contributed by atoms with Crippen molar-refractivity contribution < 1.29 is 0 Å². The second-order valence-corrected chi connectivity index (χ2v) is 7.84. The minimum Gasteiger partial charge on any atom is -0.256 e. The Kier molecular flexibility index (Phi) is 6.90. The van der Waals surface area contributed by atoms with Crippen molar-refractivity contribution in [2.75, 3.05) is 0 Å². The van der Waals surface area contributed by atoms with Crippen molar-refractivity contribution >= 4 is 32.8 Å². The molecule has 0 aliphatic carbocycles. The average Bonchev–Trinajstić information content (AvgIpc) is 2.84. The molecule has 2 aromatic carbocycles. The Morgan fingerprint density at radius 1 is 0.485 bits per heavy atom. The highest BCUT2D eigenvalue weighted by atomic mass is 14.8. The van der Waals surface area contributed by atoms with Gasteiger partial charge in [-0.15, -0.1) is 0 Å². The number of hydrogen-bond acceptors (Lipinski definition) is 5. The molecular formula is C28H25N5. The average molecular weight is 432 g/mol. The van der Waals surface area contributed by atoms with Gasteiger partial charge >= 0.3 is 0 Å². The Morgan fingerprint density at radius 2 is 1.12 bits per heavy atom. The fraction of sp³-hybridized carbons (Fsp3) is 0.107. The Bertz CT molecular complexity index is 1330. The van der Waals surface area contributed by atoms with Crippen LogP contribution in [0.3, 0.4) is 0 Å². The fourth-order valence-corrected chi connectivity index (χ4v) is 3.31. The standard InChI is InChI=1S/C10H9N.2C9H8N2/c1-8-4-5-9-3-2-6-11-10(9)7-8;1-7-2-3-8-5-10-6-11-9(8)4-7;1-7-5-9-8(11-6-7)3-2-4-10-9/h2-7H,1H3;2*2-6H,1H3. The van der Waals surface area contributed by atoms with E-state index >= 15 is 0 Å². The van der Waals surface area contributed by atoms with Gasteiger partial charge in [-0.05, 0) is 73.9 Å². The summed E-state index contributed by atoms with van der Waals surface area (Å²) in [7, 11) is 0. The van der Waals surface area contributed by atoms with Crippen LogP contribution in [0.1, 0.15) is 16.7 Å². The zero-order valence-electron chi connectivity index (χ0n) is 19.0. The van der Waals surface area contributed by atoms with E-state index in [1.54, 1.807) is 12.5 Å². The molecule has 0 aliphatic rings. The van der Waals surface area contributed by atoms with Gasteiger partial charge in [-0.2, -0.15) is 0 Å². The van der Waals surface area contributed by atoms with E-state index in [1.165, 1.54) is 16.5 Å². The summed E-state index contributed by atoms with van der Waals surface area (Å²) in [5, 5.41) is 2.30. The molecule has 0 radical (unpaired) electrons. The Morgan fingerprint density at radius 3 is 1.91 bits per heavy atom. The lowest BCUT2D eigenvalue weighted by Crippen LogP contribution is -1.82. The molecule has 0 fully saturated rings. The molecule has 5 heteroatoms. The highest BCUT2D eigenvalue weighted by Crippen LogP contribution is 2.12. The number of aryl methyl sites for hydroxylation is 3. The first-order valence-corrected chi connectivity index (χ1v) is 10.7. The maximum Gasteiger partial charge on any atom is 0.116 e. The summed E-state index contributed by atoms with van der Waals surface area (Å²) >= 11 is 0. The van der Waals surface area contributed by atoms with Gasteiger partial charge < -0.3 is 0 Å². The van der Waals surface area contributed by atoms with E-state index in [4.69, 9.17) is 0 Å². The van der Waals surface area contributed by atoms with Gasteiger partial charge in [-0.3, -0.25) is 15.0 Å². The highest BCUT2D eigenvalue weighted by molar-refractivity contribution is 5.79. The zero-order valence-corrected chi connectivity index (χ0v) is 19.0. The van der Waals surface area contributed by atoms with Crippen molar-refractivity contribution in [2.24, 2.45) is 0 Å². The van der Waals surface area contributed by atoms with Crippen LogP contribution in [0.5, 0.6) is 0 Å². The molecule has 0 bridgehead atoms. The number of rotatable bonds is 0. The molecule has 0 saturated carbocycles. The van der Waals surface area contributed by atoms with Gasteiger partial charge in [0.1, 0.15) is 6.33 Å². The second-order valence-electron chi connectivity index (χ2n) is 7.84. The van der Waals surface area contributed by atoms with Gasteiger partial charge in [0, 0.05) is 35.6 Å². The number of benzene rings is 2. The van der Waals surface area contributed by atoms with E-state index < -0.39 is 0 Å². The van der Waals surface area contributed by atoms with E-state index in [2.05, 4.69) is 75.2 Å². The molecule has 162 valence electrons. The second kappa shape index (κ2) is 10.4. The largest absolute Gasteiger partial charge is 0.256 e. The van der Waals surface area contributed by atoms with Crippen LogP contribution in [0, 0.1) is 20.8 Å². The smallest absolute Gasteiger partial charge is 0.116 e. The van der Waals surface area contributed by atoms with Crippen LogP contribution >= 0.6 is 0 Å². The molecule has 4 aromatic heterocycles. The molecule has 0 N–H and O–H groups in total. The number of nitrogens with zero attached hydrogens (tertiary/aromatic N) is 5. The highest BCUT2D eigenvalue weighted by Gasteiger charge is 1.93. The monoisotopic (exact) mass is 431 g/mol. The summed E-state index contributed by atoms with van der Waals surface area (Å²) in [5.41, 5.74) is 7.65. The summed E-state index contributed by atoms with van der Waals surface area (Å²) in [6, 6.07) is 22.3. The number of hydrogen-bond donors (Lipinski definition) is 0. The van der Waals surface area contributed by atoms with E-state index in [0.29, 0.717) is 0 Å². The Labute approximate surface area is 193 Å². The van der Waals surface area contributed by atoms with Crippen molar-refractivity contribution in [3.63, 3.8) is 0 Å². The van der Waals surface area contributed by atoms with Crippen LogP contribution in [-0.2, 0) is 0 Å². The first-order valence-electron chi connectivity index (χ1n) is 10.7. The molecule has 6 aromatic rings. The number of aromatic nitrogens is 5. The quantitative estimate of drug-likeness (QED) is 0.278. The lowest BCUT2D eigenvalue weighted by molar-refractivity contribution is 1.22. The van der Waals surface area contributed by atoms with Crippen molar-refractivity contribution in [1.29, 1.82) is 0 Å². The van der Waals surface area contributed by atoms with Gasteiger partial charge in [0.25, 0.3) is 0 Å². The normalized spacial score (nSPS) is 10.3. The molecule has 6 rings (SSSR count). The molecule has 0 unspecified atom stereocenters. The minimum atomic E-state index is 0.957.